The van der Waals surface area contributed by atoms with E-state index in [2.05, 4.69) is 10.3 Å². The van der Waals surface area contributed by atoms with E-state index in [4.69, 9.17) is 16.6 Å². The number of nitrogens with one attached hydrogen (secondary N) is 1. The van der Waals surface area contributed by atoms with Crippen molar-refractivity contribution < 1.29 is 14.0 Å². The number of rotatable bonds is 4. The predicted molar refractivity (Wildman–Crippen MR) is 135 cm³/mol. The van der Waals surface area contributed by atoms with E-state index in [0.29, 0.717) is 16.5 Å². The molecule has 0 unspecified atom stereocenters. The minimum Gasteiger partial charge on any atom is -0.450 e. The first kappa shape index (κ1) is 21.6. The average molecular weight is 492 g/mol. The molecular formula is C24H17N3O3S3. The molecule has 1 N–H and O–H groups in total. The Morgan fingerprint density at radius 3 is 2.61 bits per heavy atom. The number of benzene rings is 2. The van der Waals surface area contributed by atoms with E-state index >= 15 is 0 Å². The van der Waals surface area contributed by atoms with Crippen LogP contribution in [0.1, 0.15) is 16.9 Å². The lowest BCUT2D eigenvalue weighted by atomic mass is 10.1. The molecule has 164 valence electrons. The van der Waals surface area contributed by atoms with Crippen LogP contribution in [0.15, 0.2) is 74.0 Å². The largest absolute Gasteiger partial charge is 0.450 e. The Kier molecular flexibility index (Phi) is 5.61. The van der Waals surface area contributed by atoms with Gasteiger partial charge in [0, 0.05) is 0 Å². The lowest BCUT2D eigenvalue weighted by Crippen LogP contribution is -2.54. The average Bonchev–Trinajstić information content (AvgIpc) is 3.36. The van der Waals surface area contributed by atoms with Gasteiger partial charge in [-0.1, -0.05) is 18.2 Å². The van der Waals surface area contributed by atoms with Crippen molar-refractivity contribution in [3.8, 4) is 0 Å². The van der Waals surface area contributed by atoms with Crippen molar-refractivity contribution in [1.29, 1.82) is 0 Å². The number of fused-ring (bicyclic) bond motifs is 1. The van der Waals surface area contributed by atoms with Gasteiger partial charge in [-0.25, -0.2) is 4.98 Å². The molecule has 0 radical (unpaired) electrons. The maximum Gasteiger partial charge on any atom is 0.270 e. The fraction of sp³-hybridized carbons (Fsp3) is 0.0833. The van der Waals surface area contributed by atoms with Gasteiger partial charge in [0.15, 0.2) is 14.5 Å². The summed E-state index contributed by atoms with van der Waals surface area (Å²) in [5, 5.41) is 3.27. The monoisotopic (exact) mass is 491 g/mol. The van der Waals surface area contributed by atoms with Crippen molar-refractivity contribution in [2.75, 3.05) is 4.90 Å². The van der Waals surface area contributed by atoms with Crippen molar-refractivity contribution in [1.82, 2.24) is 10.3 Å². The molecule has 2 aromatic heterocycles. The summed E-state index contributed by atoms with van der Waals surface area (Å²) >= 11 is 8.25. The summed E-state index contributed by atoms with van der Waals surface area (Å²) in [6.07, 6.45) is 1.44. The SMILES string of the molecule is Cc1cc(C)cc(N2C(=O)/C(=C/c3ccc(Sc4nc5ccccc5s4)o3)C(=O)NC2=S)c1. The Balaban J connectivity index is 1.42. The first-order valence-corrected chi connectivity index (χ1v) is 12.0. The molecule has 33 heavy (non-hydrogen) atoms. The van der Waals surface area contributed by atoms with Crippen molar-refractivity contribution in [3.05, 3.63) is 77.1 Å². The predicted octanol–water partition coefficient (Wildman–Crippen LogP) is 5.49. The number of thiocarbonyl (C=S) groups is 1. The van der Waals surface area contributed by atoms with Gasteiger partial charge in [0.1, 0.15) is 11.3 Å². The minimum absolute atomic E-state index is 0.0475. The Morgan fingerprint density at radius 2 is 1.85 bits per heavy atom. The normalized spacial score (nSPS) is 15.5. The topological polar surface area (TPSA) is 75.4 Å². The summed E-state index contributed by atoms with van der Waals surface area (Å²) < 4.78 is 7.81. The van der Waals surface area contributed by atoms with Gasteiger partial charge in [-0.05, 0) is 91.4 Å². The number of carbonyl (C=O) groups excluding carboxylic acids is 2. The number of hydrogen-bond donors (Lipinski definition) is 1. The van der Waals surface area contributed by atoms with E-state index in [1.807, 2.05) is 56.3 Å². The molecule has 0 saturated carbocycles. The van der Waals surface area contributed by atoms with Gasteiger partial charge in [0.25, 0.3) is 11.8 Å². The number of aromatic nitrogens is 1. The van der Waals surface area contributed by atoms with E-state index in [1.54, 1.807) is 23.5 Å². The molecule has 3 heterocycles. The molecule has 9 heteroatoms. The van der Waals surface area contributed by atoms with E-state index in [-0.39, 0.29) is 10.7 Å². The molecule has 1 aliphatic rings. The third kappa shape index (κ3) is 4.35. The van der Waals surface area contributed by atoms with Crippen LogP contribution in [0.3, 0.4) is 0 Å². The number of carbonyl (C=O) groups is 2. The zero-order valence-corrected chi connectivity index (χ0v) is 20.1. The summed E-state index contributed by atoms with van der Waals surface area (Å²) in [5.41, 5.74) is 3.48. The summed E-state index contributed by atoms with van der Waals surface area (Å²) in [6, 6.07) is 17.1. The number of aryl methyl sites for hydroxylation is 2. The Labute approximate surface area is 203 Å². The highest BCUT2D eigenvalue weighted by Gasteiger charge is 2.35. The van der Waals surface area contributed by atoms with Crippen molar-refractivity contribution in [2.24, 2.45) is 0 Å². The number of amides is 2. The number of anilines is 1. The van der Waals surface area contributed by atoms with Crippen molar-refractivity contribution in [3.63, 3.8) is 0 Å². The summed E-state index contributed by atoms with van der Waals surface area (Å²) in [6.45, 7) is 3.88. The molecular weight excluding hydrogens is 474 g/mol. The van der Waals surface area contributed by atoms with Gasteiger partial charge in [-0.15, -0.1) is 11.3 Å². The third-order valence-corrected chi connectivity index (χ3v) is 7.22. The van der Waals surface area contributed by atoms with E-state index < -0.39 is 11.8 Å². The lowest BCUT2D eigenvalue weighted by Gasteiger charge is -2.29. The maximum atomic E-state index is 13.2. The first-order chi connectivity index (χ1) is 15.9. The highest BCUT2D eigenvalue weighted by atomic mass is 32.2. The van der Waals surface area contributed by atoms with Crippen LogP contribution in [0.25, 0.3) is 16.3 Å². The number of thiazole rings is 1. The molecule has 1 saturated heterocycles. The standard InChI is InChI=1S/C24H17N3O3S3/c1-13-9-14(2)11-15(10-13)27-22(29)17(21(28)26-23(27)31)12-16-7-8-20(30-16)33-24-25-18-5-3-4-6-19(18)32-24/h3-12H,1-2H3,(H,26,28,31)/b17-12+. The number of furan rings is 1. The quantitative estimate of drug-likeness (QED) is 0.231. The Morgan fingerprint density at radius 1 is 1.09 bits per heavy atom. The van der Waals surface area contributed by atoms with E-state index in [0.717, 1.165) is 25.7 Å². The minimum atomic E-state index is -0.553. The molecule has 0 bridgehead atoms. The molecule has 1 fully saturated rings. The van der Waals surface area contributed by atoms with Gasteiger partial charge >= 0.3 is 0 Å². The van der Waals surface area contributed by atoms with Crippen molar-refractivity contribution in [2.45, 2.75) is 23.3 Å². The molecule has 4 aromatic rings. The Hall–Kier alpha value is -3.27. The molecule has 1 aliphatic heterocycles. The van der Waals surface area contributed by atoms with Crippen LogP contribution in [0.5, 0.6) is 0 Å². The van der Waals surface area contributed by atoms with Crippen molar-refractivity contribution >= 4 is 74.2 Å². The van der Waals surface area contributed by atoms with Gasteiger partial charge < -0.3 is 4.42 Å². The van der Waals surface area contributed by atoms with Crippen LogP contribution in [0.2, 0.25) is 0 Å². The second kappa shape index (κ2) is 8.58. The van der Waals surface area contributed by atoms with Crippen LogP contribution in [0.4, 0.5) is 5.69 Å². The third-order valence-electron chi connectivity index (χ3n) is 4.92. The molecule has 0 aliphatic carbocycles. The molecule has 5 rings (SSSR count). The first-order valence-electron chi connectivity index (χ1n) is 10.0. The van der Waals surface area contributed by atoms with E-state index in [9.17, 15) is 9.59 Å². The molecule has 6 nitrogen and oxygen atoms in total. The second-order valence-corrected chi connectivity index (χ2v) is 10.2. The second-order valence-electron chi connectivity index (χ2n) is 7.51. The zero-order chi connectivity index (χ0) is 23.1. The molecule has 0 atom stereocenters. The highest BCUT2D eigenvalue weighted by molar-refractivity contribution is 8.01. The smallest absolute Gasteiger partial charge is 0.270 e. The summed E-state index contributed by atoms with van der Waals surface area (Å²) in [7, 11) is 0. The molecule has 2 amide bonds. The van der Waals surface area contributed by atoms with Gasteiger partial charge in [0.2, 0.25) is 0 Å². The fourth-order valence-corrected chi connectivity index (χ4v) is 5.81. The van der Waals surface area contributed by atoms with Gasteiger partial charge in [0.05, 0.1) is 15.9 Å². The Bertz CT molecular complexity index is 1410. The van der Waals surface area contributed by atoms with Crippen LogP contribution in [-0.4, -0.2) is 21.9 Å². The summed E-state index contributed by atoms with van der Waals surface area (Å²) in [4.78, 5) is 31.7. The van der Waals surface area contributed by atoms with Crippen LogP contribution >= 0.6 is 35.3 Å². The maximum absolute atomic E-state index is 13.2. The molecule has 2 aromatic carbocycles. The van der Waals surface area contributed by atoms with Gasteiger partial charge in [-0.2, -0.15) is 0 Å². The lowest BCUT2D eigenvalue weighted by molar-refractivity contribution is -0.122. The van der Waals surface area contributed by atoms with E-state index in [1.165, 1.54) is 22.7 Å². The van der Waals surface area contributed by atoms with Crippen LogP contribution in [-0.2, 0) is 9.59 Å². The fourth-order valence-electron chi connectivity index (χ4n) is 3.56. The van der Waals surface area contributed by atoms with Crippen LogP contribution < -0.4 is 10.2 Å². The number of para-hydroxylation sites is 1. The van der Waals surface area contributed by atoms with Crippen LogP contribution in [0, 0.1) is 13.8 Å². The zero-order valence-electron chi connectivity index (χ0n) is 17.6. The number of nitrogens with zero attached hydrogens (tertiary/aromatic N) is 2. The highest BCUT2D eigenvalue weighted by Crippen LogP contribution is 2.35. The van der Waals surface area contributed by atoms with Gasteiger partial charge in [-0.3, -0.25) is 19.8 Å². The summed E-state index contributed by atoms with van der Waals surface area (Å²) in [5.74, 6) is -0.654. The molecule has 0 spiro atoms. The number of hydrogen-bond acceptors (Lipinski definition) is 7.